The van der Waals surface area contributed by atoms with E-state index in [2.05, 4.69) is 10.6 Å². The van der Waals surface area contributed by atoms with Gasteiger partial charge < -0.3 is 15.4 Å². The third-order valence-corrected chi connectivity index (χ3v) is 4.48. The second kappa shape index (κ2) is 9.74. The molecule has 0 saturated heterocycles. The second-order valence-corrected chi connectivity index (χ2v) is 8.29. The fraction of sp³-hybridized carbons (Fsp3) is 0.409. The minimum atomic E-state index is -0.774. The molecule has 2 N–H and O–H groups in total. The van der Waals surface area contributed by atoms with Crippen LogP contribution in [0.25, 0.3) is 0 Å². The van der Waals surface area contributed by atoms with Gasteiger partial charge in [-0.3, -0.25) is 9.59 Å². The molecule has 0 heterocycles. The smallest absolute Gasteiger partial charge is 0.408 e. The van der Waals surface area contributed by atoms with Crippen LogP contribution in [0, 0.1) is 0 Å². The summed E-state index contributed by atoms with van der Waals surface area (Å²) in [6.07, 6.45) is 6.84. The van der Waals surface area contributed by atoms with Crippen molar-refractivity contribution >= 4 is 29.4 Å². The van der Waals surface area contributed by atoms with Crippen LogP contribution in [0.3, 0.4) is 0 Å². The zero-order chi connectivity index (χ0) is 21.6. The third kappa shape index (κ3) is 7.06. The van der Waals surface area contributed by atoms with E-state index in [1.54, 1.807) is 45.9 Å². The summed E-state index contributed by atoms with van der Waals surface area (Å²) in [5.74, 6) is -0.632. The molecular formula is C22H27ClN2O4. The summed E-state index contributed by atoms with van der Waals surface area (Å²) in [6.45, 7) is 6.81. The van der Waals surface area contributed by atoms with Crippen molar-refractivity contribution in [3.8, 4) is 0 Å². The van der Waals surface area contributed by atoms with E-state index in [9.17, 15) is 14.4 Å². The number of allylic oxidation sites excluding steroid dienone is 3. The first-order chi connectivity index (χ1) is 13.6. The summed E-state index contributed by atoms with van der Waals surface area (Å²) >= 11 is 6.26. The number of benzene rings is 1. The van der Waals surface area contributed by atoms with E-state index in [0.29, 0.717) is 11.3 Å². The molecule has 0 radical (unpaired) electrons. The van der Waals surface area contributed by atoms with Gasteiger partial charge in [-0.25, -0.2) is 4.79 Å². The average Bonchev–Trinajstić information content (AvgIpc) is 2.60. The van der Waals surface area contributed by atoms with Crippen molar-refractivity contribution in [1.82, 2.24) is 10.6 Å². The van der Waals surface area contributed by atoms with Crippen molar-refractivity contribution in [2.24, 2.45) is 0 Å². The maximum Gasteiger partial charge on any atom is 0.408 e. The van der Waals surface area contributed by atoms with Gasteiger partial charge in [-0.2, -0.15) is 0 Å². The molecule has 29 heavy (non-hydrogen) atoms. The summed E-state index contributed by atoms with van der Waals surface area (Å²) in [5, 5.41) is 5.61. The summed E-state index contributed by atoms with van der Waals surface area (Å²) in [6, 6.07) is 4.21. The highest BCUT2D eigenvalue weighted by Gasteiger charge is 2.23. The number of hydrogen-bond acceptors (Lipinski definition) is 4. The monoisotopic (exact) mass is 418 g/mol. The molecule has 1 unspecified atom stereocenters. The number of rotatable bonds is 6. The highest BCUT2D eigenvalue weighted by atomic mass is 35.5. The molecule has 0 aromatic heterocycles. The summed E-state index contributed by atoms with van der Waals surface area (Å²) < 4.78 is 5.17. The molecule has 1 aliphatic carbocycles. The lowest BCUT2D eigenvalue weighted by atomic mass is 9.98. The first-order valence-electron chi connectivity index (χ1n) is 9.54. The molecule has 6 nitrogen and oxygen atoms in total. The zero-order valence-electron chi connectivity index (χ0n) is 17.2. The topological polar surface area (TPSA) is 84.5 Å². The Kier molecular flexibility index (Phi) is 7.62. The second-order valence-electron chi connectivity index (χ2n) is 7.88. The highest BCUT2D eigenvalue weighted by molar-refractivity contribution is 6.34. The van der Waals surface area contributed by atoms with E-state index >= 15 is 0 Å². The SMILES string of the molecule is CC(NC(=O)OC(C)(C)C)C(=O)Cc1cccc(Cl)c1C(=O)NC1=CCCC=C1. The molecule has 1 aliphatic rings. The maximum absolute atomic E-state index is 12.8. The maximum atomic E-state index is 12.8. The molecule has 2 rings (SSSR count). The van der Waals surface area contributed by atoms with Crippen LogP contribution >= 0.6 is 11.6 Å². The summed E-state index contributed by atoms with van der Waals surface area (Å²) in [5.41, 5.74) is 0.802. The van der Waals surface area contributed by atoms with Gasteiger partial charge in [0.15, 0.2) is 5.78 Å². The van der Waals surface area contributed by atoms with E-state index in [1.165, 1.54) is 0 Å². The number of Topliss-reactive ketones (excluding diaryl/α,β-unsaturated/α-hetero) is 1. The summed E-state index contributed by atoms with van der Waals surface area (Å²) in [7, 11) is 0. The van der Waals surface area contributed by atoms with E-state index in [4.69, 9.17) is 16.3 Å². The molecule has 0 saturated carbocycles. The Balaban J connectivity index is 2.10. The molecule has 0 aliphatic heterocycles. The van der Waals surface area contributed by atoms with E-state index in [-0.39, 0.29) is 28.7 Å². The number of carbonyl (C=O) groups excluding carboxylic acids is 3. The van der Waals surface area contributed by atoms with Gasteiger partial charge in [-0.1, -0.05) is 35.9 Å². The predicted octanol–water partition coefficient (Wildman–Crippen LogP) is 4.33. The molecule has 1 aromatic rings. The molecular weight excluding hydrogens is 392 g/mol. The molecule has 0 fully saturated rings. The Bertz CT molecular complexity index is 853. The van der Waals surface area contributed by atoms with Crippen molar-refractivity contribution in [3.63, 3.8) is 0 Å². The Morgan fingerprint density at radius 2 is 1.93 bits per heavy atom. The Morgan fingerprint density at radius 1 is 1.21 bits per heavy atom. The quantitative estimate of drug-likeness (QED) is 0.720. The Hall–Kier alpha value is -2.60. The molecule has 1 aromatic carbocycles. The number of halogens is 1. The van der Waals surface area contributed by atoms with Crippen LogP contribution in [0.2, 0.25) is 5.02 Å². The normalized spacial score (nSPS) is 14.6. The van der Waals surface area contributed by atoms with E-state index in [0.717, 1.165) is 12.8 Å². The number of amides is 2. The largest absolute Gasteiger partial charge is 0.444 e. The zero-order valence-corrected chi connectivity index (χ0v) is 17.9. The number of ketones is 1. The van der Waals surface area contributed by atoms with Gasteiger partial charge in [0.1, 0.15) is 5.60 Å². The standard InChI is InChI=1S/C22H27ClN2O4/c1-14(24-21(28)29-22(2,3)4)18(26)13-15-9-8-12-17(23)19(15)20(27)25-16-10-6-5-7-11-16/h6,8-12,14H,5,7,13H2,1-4H3,(H,24,28)(H,25,27). The lowest BCUT2D eigenvalue weighted by Gasteiger charge is -2.21. The van der Waals surface area contributed by atoms with Gasteiger partial charge in [-0.05, 0) is 58.2 Å². The average molecular weight is 419 g/mol. The molecule has 156 valence electrons. The van der Waals surface area contributed by atoms with Gasteiger partial charge in [0.2, 0.25) is 0 Å². The number of ether oxygens (including phenoxy) is 1. The van der Waals surface area contributed by atoms with Gasteiger partial charge in [0, 0.05) is 12.1 Å². The number of alkyl carbamates (subject to hydrolysis) is 1. The highest BCUT2D eigenvalue weighted by Crippen LogP contribution is 2.22. The molecule has 7 heteroatoms. The fourth-order valence-corrected chi connectivity index (χ4v) is 3.06. The molecule has 1 atom stereocenters. The van der Waals surface area contributed by atoms with Crippen LogP contribution < -0.4 is 10.6 Å². The van der Waals surface area contributed by atoms with Crippen molar-refractivity contribution < 1.29 is 19.1 Å². The van der Waals surface area contributed by atoms with Crippen LogP contribution in [-0.4, -0.2) is 29.4 Å². The van der Waals surface area contributed by atoms with Crippen LogP contribution in [0.4, 0.5) is 4.79 Å². The van der Waals surface area contributed by atoms with Gasteiger partial charge in [-0.15, -0.1) is 0 Å². The molecule has 0 bridgehead atoms. The van der Waals surface area contributed by atoms with Crippen molar-refractivity contribution in [3.05, 3.63) is 58.3 Å². The van der Waals surface area contributed by atoms with Crippen molar-refractivity contribution in [2.75, 3.05) is 0 Å². The Morgan fingerprint density at radius 3 is 2.55 bits per heavy atom. The first-order valence-corrected chi connectivity index (χ1v) is 9.92. The Labute approximate surface area is 176 Å². The summed E-state index contributed by atoms with van der Waals surface area (Å²) in [4.78, 5) is 37.3. The lowest BCUT2D eigenvalue weighted by molar-refractivity contribution is -0.120. The minimum Gasteiger partial charge on any atom is -0.444 e. The lowest BCUT2D eigenvalue weighted by Crippen LogP contribution is -2.42. The number of carbonyl (C=O) groups is 3. The van der Waals surface area contributed by atoms with Crippen LogP contribution in [-0.2, 0) is 16.0 Å². The van der Waals surface area contributed by atoms with E-state index < -0.39 is 17.7 Å². The van der Waals surface area contributed by atoms with E-state index in [1.807, 2.05) is 18.2 Å². The van der Waals surface area contributed by atoms with Gasteiger partial charge >= 0.3 is 6.09 Å². The first kappa shape index (κ1) is 22.7. The van der Waals surface area contributed by atoms with Gasteiger partial charge in [0.05, 0.1) is 16.6 Å². The third-order valence-electron chi connectivity index (χ3n) is 4.16. The number of nitrogens with one attached hydrogen (secondary N) is 2. The molecule has 0 spiro atoms. The van der Waals surface area contributed by atoms with Crippen molar-refractivity contribution in [2.45, 2.75) is 58.6 Å². The van der Waals surface area contributed by atoms with Crippen molar-refractivity contribution in [1.29, 1.82) is 0 Å². The van der Waals surface area contributed by atoms with Crippen LogP contribution in [0.15, 0.2) is 42.1 Å². The minimum absolute atomic E-state index is 0.0465. The predicted molar refractivity (Wildman–Crippen MR) is 113 cm³/mol. The van der Waals surface area contributed by atoms with Crippen LogP contribution in [0.5, 0.6) is 0 Å². The van der Waals surface area contributed by atoms with Gasteiger partial charge in [0.25, 0.3) is 5.91 Å². The van der Waals surface area contributed by atoms with Crippen LogP contribution in [0.1, 0.15) is 56.5 Å². The number of hydrogen-bond donors (Lipinski definition) is 2. The fourth-order valence-electron chi connectivity index (χ4n) is 2.78. The molecule has 2 amide bonds.